The average molecular weight is 220 g/mol. The first kappa shape index (κ1) is 11.8. The second-order valence-electron chi connectivity index (χ2n) is 3.99. The molecule has 0 bridgehead atoms. The average Bonchev–Trinajstić information content (AvgIpc) is 2.62. The number of rotatable bonds is 2. The summed E-state index contributed by atoms with van der Waals surface area (Å²) in [6, 6.07) is -0.00699. The van der Waals surface area contributed by atoms with E-state index in [0.29, 0.717) is 12.5 Å². The lowest BCUT2D eigenvalue weighted by molar-refractivity contribution is -0.146. The Morgan fingerprint density at radius 1 is 1.50 bits per heavy atom. The molecule has 1 saturated carbocycles. The number of halogens is 1. The van der Waals surface area contributed by atoms with Gasteiger partial charge in [0.2, 0.25) is 0 Å². The highest BCUT2D eigenvalue weighted by Gasteiger charge is 2.42. The molecule has 1 aliphatic heterocycles. The molecule has 4 heteroatoms. The molecule has 0 aromatic rings. The van der Waals surface area contributed by atoms with Crippen molar-refractivity contribution in [3.05, 3.63) is 0 Å². The maximum absolute atomic E-state index is 11.5. The quantitative estimate of drug-likeness (QED) is 0.713. The molecular formula is C10H18ClNO2. The van der Waals surface area contributed by atoms with Crippen molar-refractivity contribution in [2.24, 2.45) is 11.8 Å². The topological polar surface area (TPSA) is 38.3 Å². The smallest absolute Gasteiger partial charge is 0.323 e. The van der Waals surface area contributed by atoms with Gasteiger partial charge in [-0.2, -0.15) is 0 Å². The molecule has 1 unspecified atom stereocenters. The molecule has 82 valence electrons. The summed E-state index contributed by atoms with van der Waals surface area (Å²) in [6.07, 6.45) is 3.77. The third-order valence-electron chi connectivity index (χ3n) is 3.29. The van der Waals surface area contributed by atoms with Crippen molar-refractivity contribution in [3.63, 3.8) is 0 Å². The molecule has 0 radical (unpaired) electrons. The van der Waals surface area contributed by atoms with Crippen LogP contribution in [0.4, 0.5) is 0 Å². The van der Waals surface area contributed by atoms with Crippen molar-refractivity contribution < 1.29 is 9.53 Å². The van der Waals surface area contributed by atoms with Gasteiger partial charge in [-0.1, -0.05) is 6.42 Å². The molecular weight excluding hydrogens is 202 g/mol. The molecule has 3 nitrogen and oxygen atoms in total. The van der Waals surface area contributed by atoms with Gasteiger partial charge < -0.3 is 10.1 Å². The first-order valence-electron chi connectivity index (χ1n) is 5.23. The zero-order valence-electron chi connectivity index (χ0n) is 8.49. The van der Waals surface area contributed by atoms with Gasteiger partial charge in [-0.3, -0.25) is 4.79 Å². The van der Waals surface area contributed by atoms with Crippen LogP contribution in [0.3, 0.4) is 0 Å². The van der Waals surface area contributed by atoms with Crippen LogP contribution in [0.25, 0.3) is 0 Å². The van der Waals surface area contributed by atoms with E-state index in [-0.39, 0.29) is 24.4 Å². The second kappa shape index (κ2) is 4.99. The molecule has 1 saturated heterocycles. The van der Waals surface area contributed by atoms with Gasteiger partial charge in [0.15, 0.2) is 0 Å². The molecule has 0 aromatic carbocycles. The highest BCUT2D eigenvalue weighted by Crippen LogP contribution is 2.37. The Labute approximate surface area is 91.0 Å². The molecule has 1 heterocycles. The van der Waals surface area contributed by atoms with Gasteiger partial charge in [0, 0.05) is 0 Å². The van der Waals surface area contributed by atoms with Gasteiger partial charge in [0.25, 0.3) is 0 Å². The summed E-state index contributed by atoms with van der Waals surface area (Å²) < 4.78 is 5.03. The highest BCUT2D eigenvalue weighted by molar-refractivity contribution is 5.85. The van der Waals surface area contributed by atoms with E-state index in [0.717, 1.165) is 12.5 Å². The predicted molar refractivity (Wildman–Crippen MR) is 56.5 cm³/mol. The van der Waals surface area contributed by atoms with E-state index in [1.54, 1.807) is 0 Å². The molecule has 0 amide bonds. The Kier molecular flexibility index (Phi) is 4.20. The maximum Gasteiger partial charge on any atom is 0.323 e. The summed E-state index contributed by atoms with van der Waals surface area (Å²) in [7, 11) is 0. The van der Waals surface area contributed by atoms with Crippen LogP contribution in [-0.4, -0.2) is 25.2 Å². The molecule has 14 heavy (non-hydrogen) atoms. The third kappa shape index (κ3) is 2.04. The van der Waals surface area contributed by atoms with Gasteiger partial charge in [-0.15, -0.1) is 12.4 Å². The van der Waals surface area contributed by atoms with E-state index in [1.807, 2.05) is 6.92 Å². The van der Waals surface area contributed by atoms with Gasteiger partial charge >= 0.3 is 5.97 Å². The first-order chi connectivity index (χ1) is 6.33. The summed E-state index contributed by atoms with van der Waals surface area (Å²) in [5.41, 5.74) is 0. The Hall–Kier alpha value is -0.280. The number of hydrogen-bond donors (Lipinski definition) is 1. The normalized spacial score (nSPS) is 34.8. The molecule has 0 spiro atoms. The largest absolute Gasteiger partial charge is 0.465 e. The van der Waals surface area contributed by atoms with Crippen LogP contribution in [0.5, 0.6) is 0 Å². The van der Waals surface area contributed by atoms with Gasteiger partial charge in [-0.05, 0) is 38.1 Å². The van der Waals surface area contributed by atoms with Crippen LogP contribution in [0.1, 0.15) is 26.2 Å². The van der Waals surface area contributed by atoms with Crippen molar-refractivity contribution >= 4 is 18.4 Å². The monoisotopic (exact) mass is 219 g/mol. The molecule has 1 aliphatic carbocycles. The third-order valence-corrected chi connectivity index (χ3v) is 3.29. The van der Waals surface area contributed by atoms with Crippen LogP contribution in [0, 0.1) is 11.8 Å². The number of hydrogen-bond acceptors (Lipinski definition) is 3. The fraction of sp³-hybridized carbons (Fsp3) is 0.900. The van der Waals surface area contributed by atoms with E-state index in [4.69, 9.17) is 4.74 Å². The lowest BCUT2D eigenvalue weighted by atomic mass is 9.94. The predicted octanol–water partition coefficient (Wildman–Crippen LogP) is 1.36. The molecule has 1 N–H and O–H groups in total. The SMILES string of the molecule is CCOC(=O)[C@H]1NCC2CCC[C@@H]21.Cl. The van der Waals surface area contributed by atoms with Crippen LogP contribution in [0.15, 0.2) is 0 Å². The van der Waals surface area contributed by atoms with Crippen molar-refractivity contribution in [3.8, 4) is 0 Å². The van der Waals surface area contributed by atoms with Gasteiger partial charge in [-0.25, -0.2) is 0 Å². The number of ether oxygens (including phenoxy) is 1. The van der Waals surface area contributed by atoms with Crippen molar-refractivity contribution in [2.75, 3.05) is 13.2 Å². The summed E-state index contributed by atoms with van der Waals surface area (Å²) in [6.45, 7) is 3.36. The molecule has 2 rings (SSSR count). The van der Waals surface area contributed by atoms with Crippen molar-refractivity contribution in [1.82, 2.24) is 5.32 Å². The zero-order valence-corrected chi connectivity index (χ0v) is 9.31. The Morgan fingerprint density at radius 2 is 2.29 bits per heavy atom. The number of carbonyl (C=O) groups is 1. The Balaban J connectivity index is 0.000000980. The van der Waals surface area contributed by atoms with Crippen LogP contribution in [-0.2, 0) is 9.53 Å². The van der Waals surface area contributed by atoms with Gasteiger partial charge in [0.05, 0.1) is 6.61 Å². The number of esters is 1. The second-order valence-corrected chi connectivity index (χ2v) is 3.99. The van der Waals surface area contributed by atoms with E-state index < -0.39 is 0 Å². The minimum atomic E-state index is -0.0445. The molecule has 3 atom stereocenters. The lowest BCUT2D eigenvalue weighted by Gasteiger charge is -2.15. The summed E-state index contributed by atoms with van der Waals surface area (Å²) in [4.78, 5) is 11.5. The maximum atomic E-state index is 11.5. The highest BCUT2D eigenvalue weighted by atomic mass is 35.5. The number of nitrogens with one attached hydrogen (secondary N) is 1. The zero-order chi connectivity index (χ0) is 9.26. The first-order valence-corrected chi connectivity index (χ1v) is 5.23. The summed E-state index contributed by atoms with van der Waals surface area (Å²) in [5, 5.41) is 3.27. The van der Waals surface area contributed by atoms with E-state index in [1.165, 1.54) is 19.3 Å². The van der Waals surface area contributed by atoms with Crippen molar-refractivity contribution in [2.45, 2.75) is 32.2 Å². The van der Waals surface area contributed by atoms with Crippen LogP contribution < -0.4 is 5.32 Å². The standard InChI is InChI=1S/C10H17NO2.ClH/c1-2-13-10(12)9-8-5-3-4-7(8)6-11-9;/h7-9,11H,2-6H2,1H3;1H/t7?,8-,9-;/m0./s1. The summed E-state index contributed by atoms with van der Waals surface area (Å²) in [5.74, 6) is 1.24. The fourth-order valence-electron chi connectivity index (χ4n) is 2.68. The lowest BCUT2D eigenvalue weighted by Crippen LogP contribution is -2.37. The fourth-order valence-corrected chi connectivity index (χ4v) is 2.68. The van der Waals surface area contributed by atoms with Crippen LogP contribution in [0.2, 0.25) is 0 Å². The Bertz CT molecular complexity index is 210. The molecule has 2 aliphatic rings. The van der Waals surface area contributed by atoms with E-state index >= 15 is 0 Å². The minimum absolute atomic E-state index is 0. The van der Waals surface area contributed by atoms with Gasteiger partial charge in [0.1, 0.15) is 6.04 Å². The summed E-state index contributed by atoms with van der Waals surface area (Å²) >= 11 is 0. The van der Waals surface area contributed by atoms with E-state index in [9.17, 15) is 4.79 Å². The number of carbonyl (C=O) groups excluding carboxylic acids is 1. The molecule has 2 fully saturated rings. The van der Waals surface area contributed by atoms with Crippen LogP contribution >= 0.6 is 12.4 Å². The van der Waals surface area contributed by atoms with E-state index in [2.05, 4.69) is 5.32 Å². The Morgan fingerprint density at radius 3 is 3.00 bits per heavy atom. The number of fused-ring (bicyclic) bond motifs is 1. The minimum Gasteiger partial charge on any atom is -0.465 e. The van der Waals surface area contributed by atoms with Crippen molar-refractivity contribution in [1.29, 1.82) is 0 Å². The molecule has 0 aromatic heterocycles.